The Kier molecular flexibility index (Phi) is 4.92. The maximum atomic E-state index is 11.9. The van der Waals surface area contributed by atoms with Gasteiger partial charge in [-0.1, -0.05) is 54.2 Å². The molecule has 2 heterocycles. The third-order valence-electron chi connectivity index (χ3n) is 5.16. The molecule has 0 amide bonds. The fourth-order valence-electron chi connectivity index (χ4n) is 3.78. The largest absolute Gasteiger partial charge is 0.497 e. The number of fused-ring (bicyclic) bond motifs is 1. The van der Waals surface area contributed by atoms with Crippen molar-refractivity contribution in [2.75, 3.05) is 20.2 Å². The number of methoxy groups -OCH3 is 1. The molecule has 5 heteroatoms. The van der Waals surface area contributed by atoms with E-state index in [4.69, 9.17) is 4.74 Å². The van der Waals surface area contributed by atoms with Crippen LogP contribution in [0.5, 0.6) is 5.75 Å². The molecule has 2 aromatic carbocycles. The van der Waals surface area contributed by atoms with Gasteiger partial charge in [0.2, 0.25) is 0 Å². The Morgan fingerprint density at radius 1 is 1.23 bits per heavy atom. The Balaban J connectivity index is 1.66. The molecule has 0 aliphatic carbocycles. The van der Waals surface area contributed by atoms with E-state index in [2.05, 4.69) is 34.2 Å². The van der Waals surface area contributed by atoms with Crippen molar-refractivity contribution in [3.05, 3.63) is 65.7 Å². The molecule has 0 aromatic heterocycles. The number of thioether (sulfide) groups is 1. The summed E-state index contributed by atoms with van der Waals surface area (Å²) >= 11 is 1.71. The quantitative estimate of drug-likeness (QED) is 0.875. The first-order chi connectivity index (χ1) is 12.7. The number of aliphatic imine (C=N–C) groups is 1. The van der Waals surface area contributed by atoms with E-state index in [1.165, 1.54) is 5.56 Å². The van der Waals surface area contributed by atoms with Crippen LogP contribution in [0.15, 0.2) is 59.6 Å². The summed E-state index contributed by atoms with van der Waals surface area (Å²) in [7, 11) is 1.66. The molecule has 1 fully saturated rings. The molecule has 2 aliphatic rings. The standard InChI is InChI=1S/C21H24N2O2S/c1-25-18-10-5-9-17(15-18)21(24)19(12-11-16-7-3-2-4-8-16)26-20-22-13-6-14-23(20)21/h2-5,7-10,15,19,24H,6,11-14H2,1H3. The highest BCUT2D eigenvalue weighted by Crippen LogP contribution is 2.48. The molecule has 2 unspecified atom stereocenters. The number of ether oxygens (including phenoxy) is 1. The van der Waals surface area contributed by atoms with Crippen molar-refractivity contribution in [1.29, 1.82) is 0 Å². The van der Waals surface area contributed by atoms with Crippen LogP contribution in [0.25, 0.3) is 0 Å². The number of hydrogen-bond acceptors (Lipinski definition) is 5. The van der Waals surface area contributed by atoms with Crippen LogP contribution in [0.1, 0.15) is 24.0 Å². The number of nitrogens with zero attached hydrogens (tertiary/aromatic N) is 2. The molecule has 4 nitrogen and oxygen atoms in total. The molecular weight excluding hydrogens is 344 g/mol. The van der Waals surface area contributed by atoms with Gasteiger partial charge in [0, 0.05) is 18.7 Å². The van der Waals surface area contributed by atoms with Gasteiger partial charge in [0.1, 0.15) is 5.75 Å². The molecule has 4 rings (SSSR count). The molecule has 1 N–H and O–H groups in total. The molecule has 136 valence electrons. The van der Waals surface area contributed by atoms with Crippen molar-refractivity contribution in [2.45, 2.75) is 30.2 Å². The Labute approximate surface area is 158 Å². The highest BCUT2D eigenvalue weighted by atomic mass is 32.2. The summed E-state index contributed by atoms with van der Waals surface area (Å²) in [6, 6.07) is 18.3. The maximum absolute atomic E-state index is 11.9. The van der Waals surface area contributed by atoms with Crippen LogP contribution in [0.3, 0.4) is 0 Å². The summed E-state index contributed by atoms with van der Waals surface area (Å²) in [6.45, 7) is 1.68. The van der Waals surface area contributed by atoms with Gasteiger partial charge in [-0.15, -0.1) is 0 Å². The predicted octanol–water partition coefficient (Wildman–Crippen LogP) is 3.65. The van der Waals surface area contributed by atoms with Gasteiger partial charge in [0.25, 0.3) is 0 Å². The lowest BCUT2D eigenvalue weighted by Gasteiger charge is -2.39. The minimum atomic E-state index is -1.05. The third-order valence-corrected chi connectivity index (χ3v) is 6.57. The number of aryl methyl sites for hydroxylation is 1. The lowest BCUT2D eigenvalue weighted by atomic mass is 9.93. The van der Waals surface area contributed by atoms with Crippen molar-refractivity contribution in [3.63, 3.8) is 0 Å². The first-order valence-corrected chi connectivity index (χ1v) is 9.99. The number of aliphatic hydroxyl groups is 1. The minimum Gasteiger partial charge on any atom is -0.497 e. The van der Waals surface area contributed by atoms with Gasteiger partial charge >= 0.3 is 0 Å². The van der Waals surface area contributed by atoms with Crippen LogP contribution in [0.4, 0.5) is 0 Å². The van der Waals surface area contributed by atoms with Crippen LogP contribution in [0, 0.1) is 0 Å². The van der Waals surface area contributed by atoms with Crippen molar-refractivity contribution < 1.29 is 9.84 Å². The lowest BCUT2D eigenvalue weighted by molar-refractivity contribution is -0.0736. The van der Waals surface area contributed by atoms with E-state index in [9.17, 15) is 5.11 Å². The summed E-state index contributed by atoms with van der Waals surface area (Å²) in [5.74, 6) is 0.769. The van der Waals surface area contributed by atoms with Gasteiger partial charge in [0.15, 0.2) is 10.9 Å². The molecule has 2 aromatic rings. The minimum absolute atomic E-state index is 0.0339. The summed E-state index contributed by atoms with van der Waals surface area (Å²) in [5.41, 5.74) is 1.13. The number of hydrogen-bond donors (Lipinski definition) is 1. The summed E-state index contributed by atoms with van der Waals surface area (Å²) < 4.78 is 5.39. The van der Waals surface area contributed by atoms with Gasteiger partial charge in [-0.25, -0.2) is 0 Å². The second-order valence-electron chi connectivity index (χ2n) is 6.76. The zero-order valence-corrected chi connectivity index (χ0v) is 15.8. The lowest BCUT2D eigenvalue weighted by Crippen LogP contribution is -2.50. The first-order valence-electron chi connectivity index (χ1n) is 9.11. The van der Waals surface area contributed by atoms with Crippen LogP contribution < -0.4 is 4.74 Å². The summed E-state index contributed by atoms with van der Waals surface area (Å²) in [5, 5.41) is 12.9. The predicted molar refractivity (Wildman–Crippen MR) is 107 cm³/mol. The highest BCUT2D eigenvalue weighted by Gasteiger charge is 2.52. The second-order valence-corrected chi connectivity index (χ2v) is 7.93. The zero-order chi connectivity index (χ0) is 18.0. The Hall–Kier alpha value is -1.98. The topological polar surface area (TPSA) is 45.1 Å². The molecule has 0 bridgehead atoms. The smallest absolute Gasteiger partial charge is 0.178 e. The van der Waals surface area contributed by atoms with Gasteiger partial charge < -0.3 is 14.7 Å². The molecule has 1 saturated heterocycles. The van der Waals surface area contributed by atoms with Crippen molar-refractivity contribution >= 4 is 16.9 Å². The molecule has 2 atom stereocenters. The fraction of sp³-hybridized carbons (Fsp3) is 0.381. The van der Waals surface area contributed by atoms with Crippen LogP contribution in [-0.4, -0.2) is 40.6 Å². The first kappa shape index (κ1) is 17.4. The summed E-state index contributed by atoms with van der Waals surface area (Å²) in [6.07, 6.45) is 2.80. The molecule has 2 aliphatic heterocycles. The monoisotopic (exact) mass is 368 g/mol. The SMILES string of the molecule is COc1cccc(C2(O)C(CCc3ccccc3)SC3=NCCCN32)c1. The number of benzene rings is 2. The van der Waals surface area contributed by atoms with E-state index >= 15 is 0 Å². The van der Waals surface area contributed by atoms with E-state index in [-0.39, 0.29) is 5.25 Å². The maximum Gasteiger partial charge on any atom is 0.178 e. The molecule has 0 spiro atoms. The van der Waals surface area contributed by atoms with E-state index in [0.29, 0.717) is 0 Å². The molecule has 0 radical (unpaired) electrons. The van der Waals surface area contributed by atoms with Gasteiger partial charge in [-0.05, 0) is 37.0 Å². The third kappa shape index (κ3) is 3.10. The number of amidine groups is 1. The van der Waals surface area contributed by atoms with Gasteiger partial charge in [0.05, 0.1) is 12.4 Å². The van der Waals surface area contributed by atoms with Crippen LogP contribution in [0.2, 0.25) is 0 Å². The molecule has 0 saturated carbocycles. The van der Waals surface area contributed by atoms with Gasteiger partial charge in [-0.3, -0.25) is 4.99 Å². The Morgan fingerprint density at radius 2 is 2.08 bits per heavy atom. The van der Waals surface area contributed by atoms with Crippen LogP contribution in [-0.2, 0) is 12.1 Å². The average molecular weight is 369 g/mol. The van der Waals surface area contributed by atoms with Crippen molar-refractivity contribution in [1.82, 2.24) is 4.90 Å². The molecule has 26 heavy (non-hydrogen) atoms. The second kappa shape index (κ2) is 7.33. The molecular formula is C21H24N2O2S. The highest BCUT2D eigenvalue weighted by molar-refractivity contribution is 8.14. The Morgan fingerprint density at radius 3 is 2.88 bits per heavy atom. The van der Waals surface area contributed by atoms with E-state index < -0.39 is 5.72 Å². The van der Waals surface area contributed by atoms with E-state index in [1.54, 1.807) is 18.9 Å². The average Bonchev–Trinajstić information content (AvgIpc) is 3.00. The summed E-state index contributed by atoms with van der Waals surface area (Å²) in [4.78, 5) is 6.76. The van der Waals surface area contributed by atoms with Gasteiger partial charge in [-0.2, -0.15) is 0 Å². The zero-order valence-electron chi connectivity index (χ0n) is 15.0. The van der Waals surface area contributed by atoms with E-state index in [0.717, 1.165) is 48.8 Å². The van der Waals surface area contributed by atoms with Crippen molar-refractivity contribution in [2.24, 2.45) is 4.99 Å². The van der Waals surface area contributed by atoms with Crippen molar-refractivity contribution in [3.8, 4) is 5.75 Å². The Bertz CT molecular complexity index is 796. The normalized spacial score (nSPS) is 24.9. The number of rotatable bonds is 5. The van der Waals surface area contributed by atoms with E-state index in [1.807, 2.05) is 30.3 Å². The van der Waals surface area contributed by atoms with Crippen LogP contribution >= 0.6 is 11.8 Å². The fourth-order valence-corrected chi connectivity index (χ4v) is 5.22.